The van der Waals surface area contributed by atoms with Crippen LogP contribution in [0, 0.1) is 0 Å². The first-order valence-electron chi connectivity index (χ1n) is 4.94. The van der Waals surface area contributed by atoms with E-state index in [9.17, 15) is 0 Å². The molecule has 0 heterocycles. The van der Waals surface area contributed by atoms with Crippen molar-refractivity contribution in [2.24, 2.45) is 0 Å². The van der Waals surface area contributed by atoms with Crippen LogP contribution in [-0.2, 0) is 0 Å². The molecule has 2 aromatic rings. The van der Waals surface area contributed by atoms with E-state index in [1.165, 1.54) is 0 Å². The van der Waals surface area contributed by atoms with E-state index in [0.717, 1.165) is 22.5 Å². The Morgan fingerprint density at radius 3 is 2.13 bits per heavy atom. The third-order valence-electron chi connectivity index (χ3n) is 2.45. The van der Waals surface area contributed by atoms with E-state index in [4.69, 9.17) is 5.73 Å². The van der Waals surface area contributed by atoms with Crippen molar-refractivity contribution < 1.29 is 0 Å². The van der Waals surface area contributed by atoms with Crippen LogP contribution in [0.25, 0.3) is 11.1 Å². The second kappa shape index (κ2) is 4.05. The number of hydrogen-bond acceptors (Lipinski definition) is 2. The molecule has 0 aliphatic carbocycles. The number of para-hydroxylation sites is 2. The first kappa shape index (κ1) is 9.59. The van der Waals surface area contributed by atoms with Gasteiger partial charge in [-0.2, -0.15) is 0 Å². The molecular formula is C13H14N2. The summed E-state index contributed by atoms with van der Waals surface area (Å²) in [5, 5.41) is 3.17. The second-order valence-electron chi connectivity index (χ2n) is 3.38. The number of hydrogen-bond donors (Lipinski definition) is 2. The summed E-state index contributed by atoms with van der Waals surface area (Å²) in [6, 6.07) is 16.0. The van der Waals surface area contributed by atoms with Gasteiger partial charge in [0.05, 0.1) is 0 Å². The van der Waals surface area contributed by atoms with Crippen LogP contribution in [-0.4, -0.2) is 7.05 Å². The van der Waals surface area contributed by atoms with Crippen LogP contribution in [0.3, 0.4) is 0 Å². The SMILES string of the molecule is CNc1ccccc1-c1ccccc1N. The Labute approximate surface area is 89.7 Å². The summed E-state index contributed by atoms with van der Waals surface area (Å²) in [6.07, 6.45) is 0. The highest BCUT2D eigenvalue weighted by Crippen LogP contribution is 2.31. The molecular weight excluding hydrogens is 184 g/mol. The highest BCUT2D eigenvalue weighted by molar-refractivity contribution is 5.84. The van der Waals surface area contributed by atoms with Crippen LogP contribution in [0.15, 0.2) is 48.5 Å². The van der Waals surface area contributed by atoms with Crippen LogP contribution in [0.5, 0.6) is 0 Å². The minimum Gasteiger partial charge on any atom is -0.398 e. The fourth-order valence-corrected chi connectivity index (χ4v) is 1.68. The van der Waals surface area contributed by atoms with Crippen LogP contribution < -0.4 is 11.1 Å². The fraction of sp³-hybridized carbons (Fsp3) is 0.0769. The van der Waals surface area contributed by atoms with E-state index in [1.807, 2.05) is 49.5 Å². The summed E-state index contributed by atoms with van der Waals surface area (Å²) < 4.78 is 0. The maximum Gasteiger partial charge on any atom is 0.0418 e. The Bertz CT molecular complexity index is 464. The van der Waals surface area contributed by atoms with Gasteiger partial charge in [-0.25, -0.2) is 0 Å². The van der Waals surface area contributed by atoms with Gasteiger partial charge in [0, 0.05) is 29.5 Å². The summed E-state index contributed by atoms with van der Waals surface area (Å²) in [6.45, 7) is 0. The summed E-state index contributed by atoms with van der Waals surface area (Å²) in [7, 11) is 1.91. The Morgan fingerprint density at radius 2 is 1.47 bits per heavy atom. The van der Waals surface area contributed by atoms with Gasteiger partial charge in [0.2, 0.25) is 0 Å². The molecule has 0 aliphatic rings. The molecule has 0 radical (unpaired) electrons. The molecule has 0 unspecified atom stereocenters. The summed E-state index contributed by atoms with van der Waals surface area (Å²) in [5.41, 5.74) is 10.1. The van der Waals surface area contributed by atoms with E-state index in [-0.39, 0.29) is 0 Å². The molecule has 3 N–H and O–H groups in total. The Morgan fingerprint density at radius 1 is 0.867 bits per heavy atom. The molecule has 2 nitrogen and oxygen atoms in total. The van der Waals surface area contributed by atoms with E-state index < -0.39 is 0 Å². The molecule has 0 bridgehead atoms. The van der Waals surface area contributed by atoms with E-state index in [0.29, 0.717) is 0 Å². The largest absolute Gasteiger partial charge is 0.398 e. The van der Waals surface area contributed by atoms with Gasteiger partial charge in [0.15, 0.2) is 0 Å². The quantitative estimate of drug-likeness (QED) is 0.728. The molecule has 0 atom stereocenters. The molecule has 2 heteroatoms. The lowest BCUT2D eigenvalue weighted by molar-refractivity contribution is 1.50. The van der Waals surface area contributed by atoms with Crippen molar-refractivity contribution in [3.63, 3.8) is 0 Å². The molecule has 76 valence electrons. The monoisotopic (exact) mass is 198 g/mol. The topological polar surface area (TPSA) is 38.0 Å². The Hall–Kier alpha value is -1.96. The van der Waals surface area contributed by atoms with Crippen LogP contribution in [0.4, 0.5) is 11.4 Å². The van der Waals surface area contributed by atoms with Crippen molar-refractivity contribution in [3.8, 4) is 11.1 Å². The second-order valence-corrected chi connectivity index (χ2v) is 3.38. The third kappa shape index (κ3) is 1.79. The third-order valence-corrected chi connectivity index (χ3v) is 2.45. The number of benzene rings is 2. The van der Waals surface area contributed by atoms with E-state index in [1.54, 1.807) is 0 Å². The molecule has 0 fully saturated rings. The first-order chi connectivity index (χ1) is 7.33. The minimum atomic E-state index is 0.806. The molecule has 2 aromatic carbocycles. The highest BCUT2D eigenvalue weighted by Gasteiger charge is 2.04. The van der Waals surface area contributed by atoms with Gasteiger partial charge in [-0.1, -0.05) is 36.4 Å². The molecule has 15 heavy (non-hydrogen) atoms. The number of rotatable bonds is 2. The van der Waals surface area contributed by atoms with Crippen molar-refractivity contribution >= 4 is 11.4 Å². The van der Waals surface area contributed by atoms with Crippen molar-refractivity contribution in [2.45, 2.75) is 0 Å². The fourth-order valence-electron chi connectivity index (χ4n) is 1.68. The molecule has 0 spiro atoms. The lowest BCUT2D eigenvalue weighted by Crippen LogP contribution is -1.94. The molecule has 0 saturated carbocycles. The zero-order valence-corrected chi connectivity index (χ0v) is 8.70. The summed E-state index contributed by atoms with van der Waals surface area (Å²) in [5.74, 6) is 0. The van der Waals surface area contributed by atoms with Crippen LogP contribution in [0.1, 0.15) is 0 Å². The predicted octanol–water partition coefficient (Wildman–Crippen LogP) is 2.98. The van der Waals surface area contributed by atoms with Crippen molar-refractivity contribution in [2.75, 3.05) is 18.1 Å². The van der Waals surface area contributed by atoms with Gasteiger partial charge in [0.1, 0.15) is 0 Å². The zero-order valence-electron chi connectivity index (χ0n) is 8.70. The maximum absolute atomic E-state index is 5.95. The van der Waals surface area contributed by atoms with Gasteiger partial charge >= 0.3 is 0 Å². The predicted molar refractivity (Wildman–Crippen MR) is 65.8 cm³/mol. The Balaban J connectivity index is 2.59. The van der Waals surface area contributed by atoms with Gasteiger partial charge in [-0.05, 0) is 12.1 Å². The smallest absolute Gasteiger partial charge is 0.0418 e. The normalized spacial score (nSPS) is 9.93. The average molecular weight is 198 g/mol. The summed E-state index contributed by atoms with van der Waals surface area (Å²) in [4.78, 5) is 0. The van der Waals surface area contributed by atoms with Crippen molar-refractivity contribution in [3.05, 3.63) is 48.5 Å². The number of nitrogens with two attached hydrogens (primary N) is 1. The van der Waals surface area contributed by atoms with E-state index >= 15 is 0 Å². The van der Waals surface area contributed by atoms with Gasteiger partial charge in [-0.3, -0.25) is 0 Å². The summed E-state index contributed by atoms with van der Waals surface area (Å²) >= 11 is 0. The van der Waals surface area contributed by atoms with Gasteiger partial charge < -0.3 is 11.1 Å². The lowest BCUT2D eigenvalue weighted by atomic mass is 10.0. The highest BCUT2D eigenvalue weighted by atomic mass is 14.8. The number of nitrogens with one attached hydrogen (secondary N) is 1. The van der Waals surface area contributed by atoms with Crippen molar-refractivity contribution in [1.29, 1.82) is 0 Å². The number of anilines is 2. The Kier molecular flexibility index (Phi) is 2.59. The van der Waals surface area contributed by atoms with E-state index in [2.05, 4.69) is 11.4 Å². The van der Waals surface area contributed by atoms with Crippen LogP contribution >= 0.6 is 0 Å². The molecule has 0 aromatic heterocycles. The minimum absolute atomic E-state index is 0.806. The standard InChI is InChI=1S/C13H14N2/c1-15-13-9-5-3-7-11(13)10-6-2-4-8-12(10)14/h2-9,15H,14H2,1H3. The lowest BCUT2D eigenvalue weighted by Gasteiger charge is -2.10. The molecule has 0 amide bonds. The van der Waals surface area contributed by atoms with Crippen LogP contribution in [0.2, 0.25) is 0 Å². The van der Waals surface area contributed by atoms with Gasteiger partial charge in [0.25, 0.3) is 0 Å². The zero-order chi connectivity index (χ0) is 10.7. The molecule has 0 aliphatic heterocycles. The maximum atomic E-state index is 5.95. The molecule has 2 rings (SSSR count). The van der Waals surface area contributed by atoms with Gasteiger partial charge in [-0.15, -0.1) is 0 Å². The molecule has 0 saturated heterocycles. The average Bonchev–Trinajstić information content (AvgIpc) is 2.30. The number of nitrogen functional groups attached to an aromatic ring is 1. The van der Waals surface area contributed by atoms with Crippen molar-refractivity contribution in [1.82, 2.24) is 0 Å². The first-order valence-corrected chi connectivity index (χ1v) is 4.94.